The fourth-order valence-electron chi connectivity index (χ4n) is 3.10. The van der Waals surface area contributed by atoms with Gasteiger partial charge in [-0.2, -0.15) is 0 Å². The number of carbonyl (C=O) groups excluding carboxylic acids is 1. The summed E-state index contributed by atoms with van der Waals surface area (Å²) in [5.41, 5.74) is 0.825. The molecule has 2 aromatic heterocycles. The highest BCUT2D eigenvalue weighted by atomic mass is 35.5. The topological polar surface area (TPSA) is 73.0 Å². The van der Waals surface area contributed by atoms with E-state index >= 15 is 0 Å². The van der Waals surface area contributed by atoms with Crippen molar-refractivity contribution >= 4 is 40.9 Å². The normalized spacial score (nSPS) is 14.7. The zero-order valence-corrected chi connectivity index (χ0v) is 18.1. The van der Waals surface area contributed by atoms with Crippen LogP contribution >= 0.6 is 35.0 Å². The van der Waals surface area contributed by atoms with Crippen molar-refractivity contribution in [2.45, 2.75) is 43.4 Å². The average Bonchev–Trinajstić information content (AvgIpc) is 3.24. The summed E-state index contributed by atoms with van der Waals surface area (Å²) in [4.78, 5) is 12.5. The standard InChI is InChI=1S/C20H20Cl2N4O2S/c1-12(16-7-6-14(21)9-17(16)22)23-18(27)11-29-20-25-24-19(13-4-5-13)26(20)10-15-3-2-8-28-15/h2-3,6-9,12-13H,4-5,10-11H2,1H3,(H,23,27). The Kier molecular flexibility index (Phi) is 6.18. The zero-order chi connectivity index (χ0) is 20.4. The molecule has 1 amide bonds. The molecule has 29 heavy (non-hydrogen) atoms. The second-order valence-electron chi connectivity index (χ2n) is 7.02. The van der Waals surface area contributed by atoms with Gasteiger partial charge in [-0.1, -0.05) is 41.0 Å². The first-order valence-corrected chi connectivity index (χ1v) is 11.1. The Morgan fingerprint density at radius 3 is 2.86 bits per heavy atom. The summed E-state index contributed by atoms with van der Waals surface area (Å²) in [7, 11) is 0. The third-order valence-corrected chi connectivity index (χ3v) is 6.25. The highest BCUT2D eigenvalue weighted by molar-refractivity contribution is 7.99. The van der Waals surface area contributed by atoms with Gasteiger partial charge < -0.3 is 9.73 Å². The van der Waals surface area contributed by atoms with Crippen molar-refractivity contribution in [2.24, 2.45) is 0 Å². The van der Waals surface area contributed by atoms with Gasteiger partial charge in [-0.15, -0.1) is 10.2 Å². The van der Waals surface area contributed by atoms with Crippen LogP contribution in [0.3, 0.4) is 0 Å². The third kappa shape index (κ3) is 4.97. The van der Waals surface area contributed by atoms with Crippen LogP contribution in [0.2, 0.25) is 10.0 Å². The number of hydrogen-bond donors (Lipinski definition) is 1. The van der Waals surface area contributed by atoms with Gasteiger partial charge in [0, 0.05) is 16.0 Å². The fourth-order valence-corrected chi connectivity index (χ4v) is 4.43. The number of nitrogens with zero attached hydrogens (tertiary/aromatic N) is 3. The first-order valence-electron chi connectivity index (χ1n) is 9.34. The number of nitrogens with one attached hydrogen (secondary N) is 1. The van der Waals surface area contributed by atoms with Gasteiger partial charge in [-0.05, 0) is 49.6 Å². The Labute approximate surface area is 183 Å². The lowest BCUT2D eigenvalue weighted by atomic mass is 10.1. The van der Waals surface area contributed by atoms with Crippen molar-refractivity contribution < 1.29 is 9.21 Å². The summed E-state index contributed by atoms with van der Waals surface area (Å²) in [5.74, 6) is 2.38. The van der Waals surface area contributed by atoms with E-state index in [2.05, 4.69) is 15.5 Å². The molecule has 1 aromatic carbocycles. The maximum Gasteiger partial charge on any atom is 0.230 e. The zero-order valence-electron chi connectivity index (χ0n) is 15.8. The molecule has 9 heteroatoms. The molecule has 3 aromatic rings. The van der Waals surface area contributed by atoms with E-state index in [0.29, 0.717) is 22.5 Å². The van der Waals surface area contributed by atoms with Gasteiger partial charge >= 0.3 is 0 Å². The van der Waals surface area contributed by atoms with Crippen LogP contribution in [-0.2, 0) is 11.3 Å². The molecule has 0 radical (unpaired) electrons. The maximum atomic E-state index is 12.5. The summed E-state index contributed by atoms with van der Waals surface area (Å²) in [6, 6.07) is 8.82. The first-order chi connectivity index (χ1) is 14.0. The summed E-state index contributed by atoms with van der Waals surface area (Å²) in [5, 5.41) is 13.4. The number of aromatic nitrogens is 3. The highest BCUT2D eigenvalue weighted by Gasteiger charge is 2.31. The first kappa shape index (κ1) is 20.3. The van der Waals surface area contributed by atoms with Crippen LogP contribution < -0.4 is 5.32 Å². The van der Waals surface area contributed by atoms with E-state index in [1.54, 1.807) is 18.4 Å². The summed E-state index contributed by atoms with van der Waals surface area (Å²) < 4.78 is 7.53. The molecule has 0 aliphatic heterocycles. The van der Waals surface area contributed by atoms with E-state index in [-0.39, 0.29) is 17.7 Å². The van der Waals surface area contributed by atoms with Gasteiger partial charge in [0.2, 0.25) is 5.91 Å². The molecule has 0 bridgehead atoms. The summed E-state index contributed by atoms with van der Waals surface area (Å²) in [6.45, 7) is 2.45. The van der Waals surface area contributed by atoms with Crippen molar-refractivity contribution in [2.75, 3.05) is 5.75 Å². The number of thioether (sulfide) groups is 1. The second kappa shape index (κ2) is 8.81. The number of halogens is 2. The van der Waals surface area contributed by atoms with Crippen LogP contribution in [0.1, 0.15) is 48.9 Å². The van der Waals surface area contributed by atoms with Crippen molar-refractivity contribution in [3.05, 3.63) is 63.8 Å². The van der Waals surface area contributed by atoms with Crippen LogP contribution in [0.5, 0.6) is 0 Å². The highest BCUT2D eigenvalue weighted by Crippen LogP contribution is 2.40. The molecule has 1 fully saturated rings. The number of amides is 1. The van der Waals surface area contributed by atoms with Gasteiger partial charge in [-0.25, -0.2) is 0 Å². The van der Waals surface area contributed by atoms with E-state index in [1.807, 2.05) is 29.7 Å². The quantitative estimate of drug-likeness (QED) is 0.484. The molecule has 1 aliphatic rings. The van der Waals surface area contributed by atoms with Gasteiger partial charge in [0.15, 0.2) is 5.16 Å². The molecule has 1 N–H and O–H groups in total. The molecule has 0 spiro atoms. The van der Waals surface area contributed by atoms with Gasteiger partial charge in [0.05, 0.1) is 24.6 Å². The molecule has 6 nitrogen and oxygen atoms in total. The monoisotopic (exact) mass is 450 g/mol. The smallest absolute Gasteiger partial charge is 0.230 e. The van der Waals surface area contributed by atoms with Crippen LogP contribution in [0, 0.1) is 0 Å². The van der Waals surface area contributed by atoms with E-state index in [4.69, 9.17) is 27.6 Å². The predicted octanol–water partition coefficient (Wildman–Crippen LogP) is 5.07. The molecule has 4 rings (SSSR count). The molecular weight excluding hydrogens is 431 g/mol. The number of furan rings is 1. The minimum absolute atomic E-state index is 0.103. The van der Waals surface area contributed by atoms with Crippen molar-refractivity contribution in [1.29, 1.82) is 0 Å². The van der Waals surface area contributed by atoms with Gasteiger partial charge in [-0.3, -0.25) is 9.36 Å². The van der Waals surface area contributed by atoms with Crippen molar-refractivity contribution in [3.63, 3.8) is 0 Å². The van der Waals surface area contributed by atoms with Crippen molar-refractivity contribution in [3.8, 4) is 0 Å². The Balaban J connectivity index is 1.40. The molecule has 1 unspecified atom stereocenters. The summed E-state index contributed by atoms with van der Waals surface area (Å²) in [6.07, 6.45) is 3.90. The lowest BCUT2D eigenvalue weighted by Crippen LogP contribution is -2.28. The van der Waals surface area contributed by atoms with Crippen molar-refractivity contribution in [1.82, 2.24) is 20.1 Å². The molecule has 1 aliphatic carbocycles. The Morgan fingerprint density at radius 1 is 1.34 bits per heavy atom. The number of hydrogen-bond acceptors (Lipinski definition) is 5. The minimum Gasteiger partial charge on any atom is -0.467 e. The number of rotatable bonds is 8. The van der Waals surface area contributed by atoms with E-state index in [1.165, 1.54) is 11.8 Å². The molecule has 1 saturated carbocycles. The Hall–Kier alpha value is -1.96. The average molecular weight is 451 g/mol. The lowest BCUT2D eigenvalue weighted by Gasteiger charge is -2.16. The SMILES string of the molecule is CC(NC(=O)CSc1nnc(C2CC2)n1Cc1ccco1)c1ccc(Cl)cc1Cl. The minimum atomic E-state index is -0.226. The van der Waals surface area contributed by atoms with Crippen LogP contribution in [-0.4, -0.2) is 26.4 Å². The molecule has 152 valence electrons. The molecule has 1 atom stereocenters. The predicted molar refractivity (Wildman–Crippen MR) is 114 cm³/mol. The number of carbonyl (C=O) groups is 1. The third-order valence-electron chi connectivity index (χ3n) is 4.72. The number of benzene rings is 1. The molecule has 2 heterocycles. The Bertz CT molecular complexity index is 1000. The van der Waals surface area contributed by atoms with Gasteiger partial charge in [0.25, 0.3) is 0 Å². The van der Waals surface area contributed by atoms with Crippen LogP contribution in [0.25, 0.3) is 0 Å². The fraction of sp³-hybridized carbons (Fsp3) is 0.350. The summed E-state index contributed by atoms with van der Waals surface area (Å²) >= 11 is 13.5. The van der Waals surface area contributed by atoms with Gasteiger partial charge in [0.1, 0.15) is 11.6 Å². The lowest BCUT2D eigenvalue weighted by molar-refractivity contribution is -0.119. The van der Waals surface area contributed by atoms with Crippen LogP contribution in [0.4, 0.5) is 0 Å². The van der Waals surface area contributed by atoms with Crippen LogP contribution in [0.15, 0.2) is 46.2 Å². The largest absolute Gasteiger partial charge is 0.467 e. The van der Waals surface area contributed by atoms with E-state index in [9.17, 15) is 4.79 Å². The maximum absolute atomic E-state index is 12.5. The van der Waals surface area contributed by atoms with E-state index < -0.39 is 0 Å². The second-order valence-corrected chi connectivity index (χ2v) is 8.81. The van der Waals surface area contributed by atoms with E-state index in [0.717, 1.165) is 35.1 Å². The molecule has 0 saturated heterocycles. The Morgan fingerprint density at radius 2 is 2.17 bits per heavy atom. The molecular formula is C20H20Cl2N4O2S.